The summed E-state index contributed by atoms with van der Waals surface area (Å²) in [6.07, 6.45) is -1.96. The molecule has 12 heteroatoms. The van der Waals surface area contributed by atoms with Crippen LogP contribution in [0.15, 0.2) is 6.07 Å². The van der Waals surface area contributed by atoms with Crippen molar-refractivity contribution in [3.63, 3.8) is 0 Å². The highest BCUT2D eigenvalue weighted by Crippen LogP contribution is 2.39. The molecule has 1 aromatic carbocycles. The minimum atomic E-state index is -1.15. The summed E-state index contributed by atoms with van der Waals surface area (Å²) >= 11 is 0. The number of carbonyl (C=O) groups excluding carboxylic acids is 2. The van der Waals surface area contributed by atoms with E-state index in [0.29, 0.717) is 4.68 Å². The van der Waals surface area contributed by atoms with Gasteiger partial charge in [0.2, 0.25) is 5.75 Å². The number of fused-ring (bicyclic) bond motifs is 1. The largest absolute Gasteiger partial charge is 0.485 e. The number of halogens is 1. The molecule has 0 fully saturated rings. The zero-order chi connectivity index (χ0) is 23.7. The molecule has 0 spiro atoms. The van der Waals surface area contributed by atoms with E-state index in [-0.39, 0.29) is 17.8 Å². The standard InChI is InChI=1S/C19H25FN4O7/c1-8-29-14-11(24(27)28)9-10-13(12(14)20)23(17(26)31-19(5,6)7)22-15(10)21-16(25)30-18(2,3)4/h9H,8H2,1-7H3,(H-,21,22,25,27,28)/p+1. The fraction of sp³-hybridized carbons (Fsp3) is 0.526. The van der Waals surface area contributed by atoms with Crippen LogP contribution in [-0.4, -0.2) is 49.9 Å². The lowest BCUT2D eigenvalue weighted by Crippen LogP contribution is -2.29. The molecule has 1 aromatic heterocycles. The summed E-state index contributed by atoms with van der Waals surface area (Å²) in [6, 6.07) is 1.02. The van der Waals surface area contributed by atoms with Crippen LogP contribution in [-0.2, 0) is 9.47 Å². The number of hydrogen-bond donors (Lipinski definition) is 2. The number of benzene rings is 1. The maximum absolute atomic E-state index is 15.3. The van der Waals surface area contributed by atoms with Gasteiger partial charge in [-0.25, -0.2) is 19.2 Å². The first-order chi connectivity index (χ1) is 14.1. The molecule has 0 saturated carbocycles. The summed E-state index contributed by atoms with van der Waals surface area (Å²) in [5.74, 6) is -2.04. The first-order valence-corrected chi connectivity index (χ1v) is 9.42. The van der Waals surface area contributed by atoms with Crippen molar-refractivity contribution in [1.82, 2.24) is 9.78 Å². The van der Waals surface area contributed by atoms with Crippen LogP contribution < -0.4 is 10.1 Å². The van der Waals surface area contributed by atoms with Crippen LogP contribution in [0.2, 0.25) is 0 Å². The Morgan fingerprint density at radius 1 is 1.19 bits per heavy atom. The van der Waals surface area contributed by atoms with Gasteiger partial charge in [-0.15, -0.1) is 5.10 Å². The Hall–Kier alpha value is -3.44. The van der Waals surface area contributed by atoms with Gasteiger partial charge in [-0.05, 0) is 48.5 Å². The number of nitrogens with one attached hydrogen (secondary N) is 1. The molecule has 0 radical (unpaired) electrons. The average Bonchev–Trinajstić information content (AvgIpc) is 2.92. The van der Waals surface area contributed by atoms with E-state index in [4.69, 9.17) is 14.2 Å². The Balaban J connectivity index is 2.75. The molecule has 0 aliphatic rings. The average molecular weight is 441 g/mol. The van der Waals surface area contributed by atoms with Gasteiger partial charge in [-0.2, -0.15) is 4.68 Å². The van der Waals surface area contributed by atoms with Crippen LogP contribution in [0, 0.1) is 10.7 Å². The number of nitrogens with zero attached hydrogens (tertiary/aromatic N) is 3. The first kappa shape index (κ1) is 23.8. The second-order valence-corrected chi connectivity index (χ2v) is 8.51. The second-order valence-electron chi connectivity index (χ2n) is 8.51. The van der Waals surface area contributed by atoms with Crippen LogP contribution in [0.3, 0.4) is 0 Å². The van der Waals surface area contributed by atoms with Crippen molar-refractivity contribution in [3.05, 3.63) is 16.8 Å². The number of aromatic nitrogens is 2. The monoisotopic (exact) mass is 441 g/mol. The molecule has 0 bridgehead atoms. The van der Waals surface area contributed by atoms with Crippen molar-refractivity contribution in [2.24, 2.45) is 0 Å². The summed E-state index contributed by atoms with van der Waals surface area (Å²) in [5, 5.41) is 15.5. The predicted octanol–water partition coefficient (Wildman–Crippen LogP) is 4.50. The molecule has 0 aliphatic carbocycles. The van der Waals surface area contributed by atoms with E-state index < -0.39 is 51.1 Å². The zero-order valence-electron chi connectivity index (χ0n) is 18.4. The fourth-order valence-electron chi connectivity index (χ4n) is 2.55. The van der Waals surface area contributed by atoms with Crippen molar-refractivity contribution in [2.75, 3.05) is 11.9 Å². The highest BCUT2D eigenvalue weighted by atomic mass is 19.1. The summed E-state index contributed by atoms with van der Waals surface area (Å²) < 4.78 is 31.5. The minimum Gasteiger partial charge on any atom is -0.485 e. The van der Waals surface area contributed by atoms with E-state index in [9.17, 15) is 19.7 Å². The van der Waals surface area contributed by atoms with Crippen LogP contribution in [0.5, 0.6) is 5.75 Å². The van der Waals surface area contributed by atoms with Crippen molar-refractivity contribution in [3.8, 4) is 5.75 Å². The fourth-order valence-corrected chi connectivity index (χ4v) is 2.55. The molecule has 11 nitrogen and oxygen atoms in total. The Morgan fingerprint density at radius 2 is 1.77 bits per heavy atom. The number of carbonyl (C=O) groups is 2. The summed E-state index contributed by atoms with van der Waals surface area (Å²) in [4.78, 5) is 35.9. The Bertz CT molecular complexity index is 1030. The van der Waals surface area contributed by atoms with Gasteiger partial charge < -0.3 is 14.2 Å². The predicted molar refractivity (Wildman–Crippen MR) is 107 cm³/mol. The summed E-state index contributed by atoms with van der Waals surface area (Å²) in [5.41, 5.74) is -2.77. The Labute approximate surface area is 177 Å². The SMILES string of the molecule is CCOc1c([N+](=O)O)cc2c(NC(=O)OC(C)(C)C)nn(C(=O)OC(C)(C)C)c2c1F. The van der Waals surface area contributed by atoms with Gasteiger partial charge in [-0.1, -0.05) is 0 Å². The second kappa shape index (κ2) is 8.36. The van der Waals surface area contributed by atoms with Crippen LogP contribution in [0.4, 0.5) is 25.5 Å². The third kappa shape index (κ3) is 5.58. The lowest BCUT2D eigenvalue weighted by molar-refractivity contribution is -0.730. The smallest absolute Gasteiger partial charge is 0.435 e. The van der Waals surface area contributed by atoms with Crippen molar-refractivity contribution in [2.45, 2.75) is 59.7 Å². The molecule has 0 unspecified atom stereocenters. The lowest BCUT2D eigenvalue weighted by atomic mass is 10.2. The highest BCUT2D eigenvalue weighted by molar-refractivity contribution is 6.02. The van der Waals surface area contributed by atoms with E-state index in [1.54, 1.807) is 48.5 Å². The van der Waals surface area contributed by atoms with Crippen molar-refractivity contribution >= 4 is 34.6 Å². The molecule has 2 rings (SSSR count). The molecule has 0 saturated heterocycles. The van der Waals surface area contributed by atoms with Gasteiger partial charge >= 0.3 is 17.9 Å². The number of hydrogen-bond acceptors (Lipinski definition) is 7. The lowest BCUT2D eigenvalue weighted by Gasteiger charge is -2.19. The van der Waals surface area contributed by atoms with Crippen molar-refractivity contribution in [1.29, 1.82) is 0 Å². The molecule has 31 heavy (non-hydrogen) atoms. The van der Waals surface area contributed by atoms with E-state index in [1.165, 1.54) is 0 Å². The van der Waals surface area contributed by atoms with E-state index >= 15 is 4.39 Å². The van der Waals surface area contributed by atoms with E-state index in [0.717, 1.165) is 6.07 Å². The molecule has 0 aliphatic heterocycles. The number of rotatable bonds is 4. The highest BCUT2D eigenvalue weighted by Gasteiger charge is 2.33. The summed E-state index contributed by atoms with van der Waals surface area (Å²) in [7, 11) is 0. The topological polar surface area (TPSA) is 132 Å². The maximum atomic E-state index is 15.3. The zero-order valence-corrected chi connectivity index (χ0v) is 18.4. The molecule has 1 amide bonds. The molecule has 0 atom stereocenters. The van der Waals surface area contributed by atoms with Gasteiger partial charge in [0, 0.05) is 6.07 Å². The first-order valence-electron chi connectivity index (χ1n) is 9.42. The quantitative estimate of drug-likeness (QED) is 0.663. The van der Waals surface area contributed by atoms with Crippen LogP contribution >= 0.6 is 0 Å². The van der Waals surface area contributed by atoms with Gasteiger partial charge in [-0.3, -0.25) is 5.32 Å². The van der Waals surface area contributed by atoms with E-state index in [2.05, 4.69) is 10.4 Å². The van der Waals surface area contributed by atoms with Crippen LogP contribution in [0.1, 0.15) is 48.5 Å². The third-order valence-electron chi connectivity index (χ3n) is 3.52. The van der Waals surface area contributed by atoms with Gasteiger partial charge in [0.1, 0.15) is 16.7 Å². The molecule has 170 valence electrons. The van der Waals surface area contributed by atoms with Gasteiger partial charge in [0.25, 0.3) is 4.92 Å². The van der Waals surface area contributed by atoms with Crippen LogP contribution in [0.25, 0.3) is 10.9 Å². The minimum absolute atomic E-state index is 0.0349. The number of amides is 1. The van der Waals surface area contributed by atoms with Gasteiger partial charge in [0.05, 0.1) is 16.9 Å². The molecule has 1 heterocycles. The third-order valence-corrected chi connectivity index (χ3v) is 3.52. The van der Waals surface area contributed by atoms with Crippen molar-refractivity contribution < 1.29 is 38.3 Å². The molecule has 2 aromatic rings. The summed E-state index contributed by atoms with van der Waals surface area (Å²) in [6.45, 7) is 11.2. The Kier molecular flexibility index (Phi) is 6.43. The Morgan fingerprint density at radius 3 is 2.26 bits per heavy atom. The molecule has 2 N–H and O–H groups in total. The normalized spacial score (nSPS) is 11.9. The van der Waals surface area contributed by atoms with Gasteiger partial charge in [0.15, 0.2) is 11.6 Å². The van der Waals surface area contributed by atoms with E-state index in [1.807, 2.05) is 0 Å². The maximum Gasteiger partial charge on any atom is 0.435 e. The number of anilines is 1. The molecular weight excluding hydrogens is 415 g/mol. The number of ether oxygens (including phenoxy) is 3. The molecular formula is C19H26FN4O7+.